The molecule has 3 aliphatic rings. The SMILES string of the molecule is CCOC(=O)N1CCC(N2CCC3(CC2)CN(C(C)=O)c2ccc(-c4ccc(C(C)=O)cc4)cc23)CC1. The molecule has 0 aliphatic carbocycles. The van der Waals surface area contributed by atoms with E-state index >= 15 is 0 Å². The number of ether oxygens (including phenoxy) is 1. The van der Waals surface area contributed by atoms with Crippen molar-refractivity contribution in [1.29, 1.82) is 0 Å². The Morgan fingerprint density at radius 3 is 2.16 bits per heavy atom. The predicted octanol–water partition coefficient (Wildman–Crippen LogP) is 4.88. The van der Waals surface area contributed by atoms with E-state index in [2.05, 4.69) is 23.1 Å². The topological polar surface area (TPSA) is 70.2 Å². The van der Waals surface area contributed by atoms with Crippen molar-refractivity contribution < 1.29 is 19.1 Å². The molecule has 2 amide bonds. The Hall–Kier alpha value is -3.19. The summed E-state index contributed by atoms with van der Waals surface area (Å²) in [6, 6.07) is 14.7. The fraction of sp³-hybridized carbons (Fsp3) is 0.500. The smallest absolute Gasteiger partial charge is 0.409 e. The summed E-state index contributed by atoms with van der Waals surface area (Å²) in [5.74, 6) is 0.153. The molecule has 3 aliphatic heterocycles. The number of amides is 2. The molecule has 37 heavy (non-hydrogen) atoms. The largest absolute Gasteiger partial charge is 0.450 e. The molecule has 2 saturated heterocycles. The van der Waals surface area contributed by atoms with E-state index in [4.69, 9.17) is 4.74 Å². The van der Waals surface area contributed by atoms with Crippen LogP contribution in [0.1, 0.15) is 62.4 Å². The van der Waals surface area contributed by atoms with Crippen molar-refractivity contribution in [3.63, 3.8) is 0 Å². The van der Waals surface area contributed by atoms with E-state index in [1.165, 1.54) is 5.56 Å². The molecule has 7 heteroatoms. The van der Waals surface area contributed by atoms with Gasteiger partial charge in [-0.25, -0.2) is 4.79 Å². The first kappa shape index (κ1) is 25.5. The van der Waals surface area contributed by atoms with E-state index in [-0.39, 0.29) is 23.2 Å². The van der Waals surface area contributed by atoms with Gasteiger partial charge in [0.15, 0.2) is 5.78 Å². The molecule has 0 bridgehead atoms. The zero-order valence-electron chi connectivity index (χ0n) is 22.2. The van der Waals surface area contributed by atoms with Crippen LogP contribution in [0.5, 0.6) is 0 Å². The lowest BCUT2D eigenvalue weighted by Crippen LogP contribution is -2.52. The van der Waals surface area contributed by atoms with Crippen molar-refractivity contribution in [2.45, 2.75) is 57.9 Å². The van der Waals surface area contributed by atoms with Crippen LogP contribution in [-0.2, 0) is 14.9 Å². The molecule has 0 saturated carbocycles. The lowest BCUT2D eigenvalue weighted by atomic mass is 9.73. The number of fused-ring (bicyclic) bond motifs is 2. The normalized spacial score (nSPS) is 19.6. The summed E-state index contributed by atoms with van der Waals surface area (Å²) in [5.41, 5.74) is 5.17. The highest BCUT2D eigenvalue weighted by Crippen LogP contribution is 2.48. The van der Waals surface area contributed by atoms with Gasteiger partial charge in [0, 0.05) is 49.3 Å². The fourth-order valence-corrected chi connectivity index (χ4v) is 6.40. The summed E-state index contributed by atoms with van der Waals surface area (Å²) in [6.45, 7) is 9.71. The number of ketones is 1. The third kappa shape index (κ3) is 4.89. The van der Waals surface area contributed by atoms with Crippen LogP contribution in [0.15, 0.2) is 42.5 Å². The van der Waals surface area contributed by atoms with Crippen molar-refractivity contribution in [1.82, 2.24) is 9.80 Å². The maximum atomic E-state index is 12.6. The predicted molar refractivity (Wildman–Crippen MR) is 144 cm³/mol. The monoisotopic (exact) mass is 503 g/mol. The molecule has 3 heterocycles. The molecule has 5 rings (SSSR count). The first-order valence-electron chi connectivity index (χ1n) is 13.5. The molecule has 0 unspecified atom stereocenters. The molecule has 7 nitrogen and oxygen atoms in total. The minimum Gasteiger partial charge on any atom is -0.450 e. The maximum Gasteiger partial charge on any atom is 0.409 e. The maximum absolute atomic E-state index is 12.6. The Morgan fingerprint density at radius 2 is 1.57 bits per heavy atom. The molecule has 196 valence electrons. The average molecular weight is 504 g/mol. The highest BCUT2D eigenvalue weighted by Gasteiger charge is 2.46. The van der Waals surface area contributed by atoms with Gasteiger partial charge in [0.05, 0.1) is 6.61 Å². The molecule has 0 radical (unpaired) electrons. The van der Waals surface area contributed by atoms with E-state index in [9.17, 15) is 14.4 Å². The Balaban J connectivity index is 1.33. The molecular formula is C30H37N3O4. The number of carbonyl (C=O) groups is 3. The van der Waals surface area contributed by atoms with Gasteiger partial charge in [0.2, 0.25) is 5.91 Å². The van der Waals surface area contributed by atoms with Crippen LogP contribution in [0.25, 0.3) is 11.1 Å². The number of hydrogen-bond donors (Lipinski definition) is 0. The van der Waals surface area contributed by atoms with Crippen LogP contribution in [-0.4, -0.2) is 73.0 Å². The van der Waals surface area contributed by atoms with Crippen molar-refractivity contribution in [2.75, 3.05) is 44.2 Å². The van der Waals surface area contributed by atoms with Gasteiger partial charge in [-0.1, -0.05) is 30.3 Å². The van der Waals surface area contributed by atoms with E-state index in [0.717, 1.165) is 75.2 Å². The summed E-state index contributed by atoms with van der Waals surface area (Å²) in [4.78, 5) is 42.7. The third-order valence-corrected chi connectivity index (χ3v) is 8.59. The van der Waals surface area contributed by atoms with E-state index in [0.29, 0.717) is 18.2 Å². The van der Waals surface area contributed by atoms with E-state index in [1.807, 2.05) is 41.0 Å². The van der Waals surface area contributed by atoms with Crippen LogP contribution < -0.4 is 4.90 Å². The molecule has 0 N–H and O–H groups in total. The van der Waals surface area contributed by atoms with Crippen molar-refractivity contribution in [3.05, 3.63) is 53.6 Å². The second-order valence-electron chi connectivity index (χ2n) is 10.7. The molecule has 1 spiro atoms. The van der Waals surface area contributed by atoms with Gasteiger partial charge in [-0.15, -0.1) is 0 Å². The number of hydrogen-bond acceptors (Lipinski definition) is 5. The molecule has 2 fully saturated rings. The van der Waals surface area contributed by atoms with Gasteiger partial charge in [-0.3, -0.25) is 9.59 Å². The molecule has 2 aromatic carbocycles. The van der Waals surface area contributed by atoms with Gasteiger partial charge in [0.1, 0.15) is 0 Å². The Kier molecular flexibility index (Phi) is 7.08. The number of Topliss-reactive ketones (excluding diaryl/α,β-unsaturated/α-hetero) is 1. The first-order chi connectivity index (χ1) is 17.8. The average Bonchev–Trinajstić information content (AvgIpc) is 3.23. The van der Waals surface area contributed by atoms with Gasteiger partial charge in [-0.05, 0) is 81.4 Å². The van der Waals surface area contributed by atoms with Crippen molar-refractivity contribution in [2.24, 2.45) is 0 Å². The van der Waals surface area contributed by atoms with Crippen LogP contribution in [0, 0.1) is 0 Å². The Morgan fingerprint density at radius 1 is 0.919 bits per heavy atom. The minimum atomic E-state index is -0.197. The highest BCUT2D eigenvalue weighted by atomic mass is 16.6. The quantitative estimate of drug-likeness (QED) is 0.557. The Bertz CT molecular complexity index is 1180. The molecule has 0 aromatic heterocycles. The highest BCUT2D eigenvalue weighted by molar-refractivity contribution is 5.96. The van der Waals surface area contributed by atoms with Gasteiger partial charge >= 0.3 is 6.09 Å². The zero-order chi connectivity index (χ0) is 26.2. The number of likely N-dealkylation sites (tertiary alicyclic amines) is 2. The van der Waals surface area contributed by atoms with Crippen molar-refractivity contribution in [3.8, 4) is 11.1 Å². The number of anilines is 1. The third-order valence-electron chi connectivity index (χ3n) is 8.59. The van der Waals surface area contributed by atoms with Gasteiger partial charge < -0.3 is 19.4 Å². The van der Waals surface area contributed by atoms with Crippen molar-refractivity contribution >= 4 is 23.5 Å². The van der Waals surface area contributed by atoms with Crippen LogP contribution in [0.2, 0.25) is 0 Å². The number of piperidine rings is 2. The van der Waals surface area contributed by atoms with E-state index < -0.39 is 0 Å². The van der Waals surface area contributed by atoms with Crippen LogP contribution in [0.3, 0.4) is 0 Å². The summed E-state index contributed by atoms with van der Waals surface area (Å²) >= 11 is 0. The second-order valence-corrected chi connectivity index (χ2v) is 10.7. The Labute approximate surface area is 219 Å². The lowest BCUT2D eigenvalue weighted by Gasteiger charge is -2.45. The summed E-state index contributed by atoms with van der Waals surface area (Å²) < 4.78 is 5.17. The number of carbonyl (C=O) groups excluding carboxylic acids is 3. The second kappa shape index (κ2) is 10.3. The van der Waals surface area contributed by atoms with Crippen LogP contribution >= 0.6 is 0 Å². The first-order valence-corrected chi connectivity index (χ1v) is 13.5. The summed E-state index contributed by atoms with van der Waals surface area (Å²) in [5, 5.41) is 0. The van der Waals surface area contributed by atoms with E-state index in [1.54, 1.807) is 13.8 Å². The minimum absolute atomic E-state index is 0.0432. The fourth-order valence-electron chi connectivity index (χ4n) is 6.40. The lowest BCUT2D eigenvalue weighted by molar-refractivity contribution is -0.116. The van der Waals surface area contributed by atoms with Gasteiger partial charge in [-0.2, -0.15) is 0 Å². The summed E-state index contributed by atoms with van der Waals surface area (Å²) in [7, 11) is 0. The molecular weight excluding hydrogens is 466 g/mol. The molecule has 0 atom stereocenters. The van der Waals surface area contributed by atoms with Gasteiger partial charge in [0.25, 0.3) is 0 Å². The standard InChI is InChI=1S/C30H37N3O4/c1-4-37-29(36)32-15-11-26(12-16-32)31-17-13-30(14-18-31)20-33(22(3)35)28-10-9-25(19-27(28)30)24-7-5-23(6-8-24)21(2)34/h5-10,19,26H,4,11-18,20H2,1-3H3. The summed E-state index contributed by atoms with van der Waals surface area (Å²) in [6.07, 6.45) is 3.77. The number of benzene rings is 2. The van der Waals surface area contributed by atoms with Crippen LogP contribution in [0.4, 0.5) is 10.5 Å². The number of nitrogens with zero attached hydrogens (tertiary/aromatic N) is 3. The number of rotatable bonds is 4. The molecule has 2 aromatic rings. The zero-order valence-corrected chi connectivity index (χ0v) is 22.2.